The Morgan fingerprint density at radius 1 is 1.20 bits per heavy atom. The summed E-state index contributed by atoms with van der Waals surface area (Å²) in [5.41, 5.74) is 1.08. The fourth-order valence-electron chi connectivity index (χ4n) is 4.35. The van der Waals surface area contributed by atoms with Gasteiger partial charge in [-0.25, -0.2) is 0 Å². The van der Waals surface area contributed by atoms with Crippen LogP contribution in [0.4, 0.5) is 0 Å². The van der Waals surface area contributed by atoms with Gasteiger partial charge in [-0.1, -0.05) is 12.1 Å². The molecule has 1 aromatic rings. The predicted molar refractivity (Wildman–Crippen MR) is 94.0 cm³/mol. The highest BCUT2D eigenvalue weighted by Gasteiger charge is 2.45. The Morgan fingerprint density at radius 2 is 1.96 bits per heavy atom. The van der Waals surface area contributed by atoms with Crippen molar-refractivity contribution in [1.82, 2.24) is 9.80 Å². The summed E-state index contributed by atoms with van der Waals surface area (Å²) in [6, 6.07) is 7.42. The fourth-order valence-corrected chi connectivity index (χ4v) is 4.35. The molecule has 134 valence electrons. The minimum Gasteiger partial charge on any atom is -0.508 e. The summed E-state index contributed by atoms with van der Waals surface area (Å²) in [6.07, 6.45) is 6.31. The molecule has 0 aromatic heterocycles. The summed E-state index contributed by atoms with van der Waals surface area (Å²) >= 11 is 0. The van der Waals surface area contributed by atoms with E-state index in [9.17, 15) is 14.7 Å². The van der Waals surface area contributed by atoms with Gasteiger partial charge in [-0.3, -0.25) is 9.59 Å². The first-order chi connectivity index (χ1) is 12.0. The SMILES string of the molecule is O=C(Cc1cccc(O)c1)N1CCC2(CCC(=O)N(C3CC3)C2)CC1. The van der Waals surface area contributed by atoms with E-state index < -0.39 is 0 Å². The van der Waals surface area contributed by atoms with E-state index in [4.69, 9.17) is 0 Å². The van der Waals surface area contributed by atoms with Gasteiger partial charge in [0.05, 0.1) is 6.42 Å². The van der Waals surface area contributed by atoms with E-state index in [0.29, 0.717) is 24.8 Å². The first-order valence-corrected chi connectivity index (χ1v) is 9.40. The Labute approximate surface area is 148 Å². The Hall–Kier alpha value is -2.04. The third kappa shape index (κ3) is 3.51. The molecule has 0 atom stereocenters. The van der Waals surface area contributed by atoms with Crippen molar-refractivity contribution < 1.29 is 14.7 Å². The molecular formula is C20H26N2O3. The van der Waals surface area contributed by atoms with Crippen LogP contribution in [0.5, 0.6) is 5.75 Å². The lowest BCUT2D eigenvalue weighted by molar-refractivity contribution is -0.142. The van der Waals surface area contributed by atoms with Crippen molar-refractivity contribution in [3.05, 3.63) is 29.8 Å². The van der Waals surface area contributed by atoms with Gasteiger partial charge >= 0.3 is 0 Å². The normalized spacial score (nSPS) is 23.1. The summed E-state index contributed by atoms with van der Waals surface area (Å²) in [5.74, 6) is 0.664. The van der Waals surface area contributed by atoms with E-state index in [0.717, 1.165) is 57.3 Å². The molecule has 5 nitrogen and oxygen atoms in total. The maximum atomic E-state index is 12.6. The number of rotatable bonds is 3. The van der Waals surface area contributed by atoms with Crippen molar-refractivity contribution in [1.29, 1.82) is 0 Å². The molecule has 0 unspecified atom stereocenters. The van der Waals surface area contributed by atoms with Crippen LogP contribution in [-0.4, -0.2) is 52.4 Å². The summed E-state index contributed by atoms with van der Waals surface area (Å²) in [5, 5.41) is 9.54. The summed E-state index contributed by atoms with van der Waals surface area (Å²) in [6.45, 7) is 2.46. The number of phenolic OH excluding ortho intramolecular Hbond substituents is 1. The first-order valence-electron chi connectivity index (χ1n) is 9.40. The van der Waals surface area contributed by atoms with Gasteiger partial charge in [-0.15, -0.1) is 0 Å². The van der Waals surface area contributed by atoms with Gasteiger partial charge in [-0.2, -0.15) is 0 Å². The van der Waals surface area contributed by atoms with Gasteiger partial charge in [0, 0.05) is 32.1 Å². The molecule has 1 spiro atoms. The molecule has 1 aliphatic carbocycles. The van der Waals surface area contributed by atoms with Crippen LogP contribution >= 0.6 is 0 Å². The van der Waals surface area contributed by atoms with Crippen molar-refractivity contribution in [2.75, 3.05) is 19.6 Å². The summed E-state index contributed by atoms with van der Waals surface area (Å²) < 4.78 is 0. The van der Waals surface area contributed by atoms with E-state index in [-0.39, 0.29) is 17.1 Å². The second kappa shape index (κ2) is 6.36. The Kier molecular flexibility index (Phi) is 4.18. The third-order valence-electron chi connectivity index (χ3n) is 6.13. The van der Waals surface area contributed by atoms with Crippen LogP contribution in [0.25, 0.3) is 0 Å². The van der Waals surface area contributed by atoms with Crippen LogP contribution < -0.4 is 0 Å². The number of benzene rings is 1. The lowest BCUT2D eigenvalue weighted by atomic mass is 9.72. The molecule has 0 bridgehead atoms. The second-order valence-electron chi connectivity index (χ2n) is 7.98. The van der Waals surface area contributed by atoms with Gasteiger partial charge < -0.3 is 14.9 Å². The zero-order valence-electron chi connectivity index (χ0n) is 14.6. The minimum atomic E-state index is 0.131. The van der Waals surface area contributed by atoms with Crippen LogP contribution in [0.3, 0.4) is 0 Å². The number of carbonyl (C=O) groups excluding carboxylic acids is 2. The van der Waals surface area contributed by atoms with Gasteiger partial charge in [0.1, 0.15) is 5.75 Å². The van der Waals surface area contributed by atoms with E-state index in [1.807, 2.05) is 11.0 Å². The van der Waals surface area contributed by atoms with E-state index in [1.54, 1.807) is 18.2 Å². The number of amides is 2. The number of nitrogens with zero attached hydrogens (tertiary/aromatic N) is 2. The lowest BCUT2D eigenvalue weighted by Crippen LogP contribution is -2.53. The number of phenols is 1. The maximum absolute atomic E-state index is 12.6. The van der Waals surface area contributed by atoms with E-state index in [2.05, 4.69) is 4.90 Å². The number of hydrogen-bond donors (Lipinski definition) is 1. The monoisotopic (exact) mass is 342 g/mol. The molecule has 2 aliphatic heterocycles. The molecule has 3 fully saturated rings. The highest BCUT2D eigenvalue weighted by atomic mass is 16.3. The molecule has 2 heterocycles. The fraction of sp³-hybridized carbons (Fsp3) is 0.600. The average molecular weight is 342 g/mol. The standard InChI is InChI=1S/C20H26N2O3/c23-17-3-1-2-15(12-17)13-19(25)21-10-8-20(9-11-21)7-6-18(24)22(14-20)16-4-5-16/h1-3,12,16,23H,4-11,13-14H2. The van der Waals surface area contributed by atoms with Crippen molar-refractivity contribution in [3.63, 3.8) is 0 Å². The van der Waals surface area contributed by atoms with Gasteiger partial charge in [0.2, 0.25) is 11.8 Å². The minimum absolute atomic E-state index is 0.131. The molecule has 2 saturated heterocycles. The Balaban J connectivity index is 1.34. The van der Waals surface area contributed by atoms with Crippen molar-refractivity contribution >= 4 is 11.8 Å². The number of hydrogen-bond acceptors (Lipinski definition) is 3. The number of aromatic hydroxyl groups is 1. The van der Waals surface area contributed by atoms with E-state index >= 15 is 0 Å². The zero-order valence-corrected chi connectivity index (χ0v) is 14.6. The van der Waals surface area contributed by atoms with Gasteiger partial charge in [-0.05, 0) is 55.2 Å². The quantitative estimate of drug-likeness (QED) is 0.917. The topological polar surface area (TPSA) is 60.9 Å². The molecule has 4 rings (SSSR count). The predicted octanol–water partition coefficient (Wildman–Crippen LogP) is 2.33. The number of carbonyl (C=O) groups is 2. The van der Waals surface area contributed by atoms with Crippen LogP contribution in [0.2, 0.25) is 0 Å². The lowest BCUT2D eigenvalue weighted by Gasteiger charge is -2.47. The third-order valence-corrected chi connectivity index (χ3v) is 6.13. The largest absolute Gasteiger partial charge is 0.508 e. The summed E-state index contributed by atoms with van der Waals surface area (Å²) in [4.78, 5) is 28.8. The van der Waals surface area contributed by atoms with Gasteiger partial charge in [0.25, 0.3) is 0 Å². The molecule has 2 amide bonds. The number of likely N-dealkylation sites (tertiary alicyclic amines) is 2. The summed E-state index contributed by atoms with van der Waals surface area (Å²) in [7, 11) is 0. The highest BCUT2D eigenvalue weighted by Crippen LogP contribution is 2.43. The Morgan fingerprint density at radius 3 is 2.64 bits per heavy atom. The van der Waals surface area contributed by atoms with Crippen LogP contribution in [0.15, 0.2) is 24.3 Å². The Bertz CT molecular complexity index is 675. The second-order valence-corrected chi connectivity index (χ2v) is 7.98. The zero-order chi connectivity index (χ0) is 17.4. The van der Waals surface area contributed by atoms with Crippen molar-refractivity contribution in [3.8, 4) is 5.75 Å². The molecule has 1 saturated carbocycles. The molecule has 5 heteroatoms. The molecule has 25 heavy (non-hydrogen) atoms. The maximum Gasteiger partial charge on any atom is 0.226 e. The highest BCUT2D eigenvalue weighted by molar-refractivity contribution is 5.79. The first kappa shape index (κ1) is 16.4. The average Bonchev–Trinajstić information content (AvgIpc) is 3.43. The smallest absolute Gasteiger partial charge is 0.226 e. The van der Waals surface area contributed by atoms with Crippen LogP contribution in [0.1, 0.15) is 44.1 Å². The van der Waals surface area contributed by atoms with Crippen LogP contribution in [0, 0.1) is 5.41 Å². The van der Waals surface area contributed by atoms with Crippen molar-refractivity contribution in [2.45, 2.75) is 51.0 Å². The van der Waals surface area contributed by atoms with Crippen LogP contribution in [-0.2, 0) is 16.0 Å². The van der Waals surface area contributed by atoms with Gasteiger partial charge in [0.15, 0.2) is 0 Å². The molecule has 3 aliphatic rings. The molecule has 1 N–H and O–H groups in total. The molecule has 1 aromatic carbocycles. The van der Waals surface area contributed by atoms with E-state index in [1.165, 1.54) is 0 Å². The molecular weight excluding hydrogens is 316 g/mol. The number of piperidine rings is 2. The van der Waals surface area contributed by atoms with Crippen molar-refractivity contribution in [2.24, 2.45) is 5.41 Å². The molecule has 0 radical (unpaired) electrons.